The lowest BCUT2D eigenvalue weighted by atomic mass is 9.90. The molecule has 3 rings (SSSR count). The van der Waals surface area contributed by atoms with E-state index in [9.17, 15) is 4.79 Å². The molecule has 0 saturated heterocycles. The van der Waals surface area contributed by atoms with Crippen LogP contribution in [0.4, 0.5) is 4.79 Å². The molecule has 1 aliphatic heterocycles. The van der Waals surface area contributed by atoms with E-state index in [2.05, 4.69) is 15.3 Å². The molecule has 132 valence electrons. The van der Waals surface area contributed by atoms with Crippen molar-refractivity contribution >= 4 is 6.09 Å². The monoisotopic (exact) mass is 341 g/mol. The van der Waals surface area contributed by atoms with Gasteiger partial charge in [0.15, 0.2) is 0 Å². The van der Waals surface area contributed by atoms with Crippen LogP contribution in [0.5, 0.6) is 5.75 Å². The summed E-state index contributed by atoms with van der Waals surface area (Å²) in [5, 5.41) is 2.86. The highest BCUT2D eigenvalue weighted by molar-refractivity contribution is 5.70. The molecule has 0 aliphatic carbocycles. The fourth-order valence-corrected chi connectivity index (χ4v) is 2.87. The molecular weight excluding hydrogens is 318 g/mol. The quantitative estimate of drug-likeness (QED) is 0.924. The lowest BCUT2D eigenvalue weighted by molar-refractivity contribution is 0.0521. The van der Waals surface area contributed by atoms with Gasteiger partial charge in [-0.05, 0) is 38.8 Å². The van der Waals surface area contributed by atoms with E-state index in [1.807, 2.05) is 39.0 Å². The minimum absolute atomic E-state index is 0.174. The van der Waals surface area contributed by atoms with Gasteiger partial charge in [-0.2, -0.15) is 0 Å². The van der Waals surface area contributed by atoms with Gasteiger partial charge in [0.25, 0.3) is 0 Å². The first kappa shape index (κ1) is 17.2. The van der Waals surface area contributed by atoms with Gasteiger partial charge in [-0.15, -0.1) is 0 Å². The van der Waals surface area contributed by atoms with Crippen LogP contribution in [0, 0.1) is 0 Å². The molecule has 25 heavy (non-hydrogen) atoms. The van der Waals surface area contributed by atoms with Crippen LogP contribution in [0.1, 0.15) is 38.7 Å². The number of carbonyl (C=O) groups excluding carboxylic acids is 1. The predicted octanol–water partition coefficient (Wildman–Crippen LogP) is 3.53. The van der Waals surface area contributed by atoms with E-state index in [1.54, 1.807) is 18.6 Å². The summed E-state index contributed by atoms with van der Waals surface area (Å²) in [7, 11) is 0. The molecule has 2 heterocycles. The Kier molecular flexibility index (Phi) is 4.88. The number of aromatic nitrogens is 2. The first-order valence-corrected chi connectivity index (χ1v) is 8.43. The van der Waals surface area contributed by atoms with E-state index >= 15 is 0 Å². The number of fused-ring (bicyclic) bond motifs is 1. The highest BCUT2D eigenvalue weighted by atomic mass is 16.6. The molecule has 0 saturated carbocycles. The Bertz CT molecular complexity index is 741. The third-order valence-corrected chi connectivity index (χ3v) is 3.93. The molecule has 6 nitrogen and oxygen atoms in total. The lowest BCUT2D eigenvalue weighted by Gasteiger charge is -2.28. The van der Waals surface area contributed by atoms with E-state index < -0.39 is 11.7 Å². The maximum absolute atomic E-state index is 11.9. The normalized spacial score (nSPS) is 16.5. The summed E-state index contributed by atoms with van der Waals surface area (Å²) >= 11 is 0. The largest absolute Gasteiger partial charge is 0.493 e. The third-order valence-electron chi connectivity index (χ3n) is 3.93. The summed E-state index contributed by atoms with van der Waals surface area (Å²) < 4.78 is 11.2. The number of hydrogen-bond acceptors (Lipinski definition) is 5. The second kappa shape index (κ2) is 7.09. The molecule has 1 atom stereocenters. The van der Waals surface area contributed by atoms with Gasteiger partial charge in [0.05, 0.1) is 18.5 Å². The minimum atomic E-state index is -0.503. The molecule has 0 unspecified atom stereocenters. The Morgan fingerprint density at radius 1 is 1.36 bits per heavy atom. The van der Waals surface area contributed by atoms with Crippen molar-refractivity contribution in [1.29, 1.82) is 0 Å². The van der Waals surface area contributed by atoms with Crippen LogP contribution in [-0.2, 0) is 4.74 Å². The molecule has 1 aromatic heterocycles. The Morgan fingerprint density at radius 2 is 2.20 bits per heavy atom. The summed E-state index contributed by atoms with van der Waals surface area (Å²) in [6.07, 6.45) is 5.48. The van der Waals surface area contributed by atoms with Gasteiger partial charge in [-0.3, -0.25) is 9.97 Å². The van der Waals surface area contributed by atoms with Crippen molar-refractivity contribution in [3.8, 4) is 17.0 Å². The van der Waals surface area contributed by atoms with Gasteiger partial charge < -0.3 is 14.8 Å². The highest BCUT2D eigenvalue weighted by Gasteiger charge is 2.25. The van der Waals surface area contributed by atoms with Gasteiger partial charge in [-0.1, -0.05) is 12.1 Å². The van der Waals surface area contributed by atoms with Gasteiger partial charge in [-0.25, -0.2) is 4.79 Å². The predicted molar refractivity (Wildman–Crippen MR) is 94.6 cm³/mol. The second-order valence-corrected chi connectivity index (χ2v) is 7.03. The summed E-state index contributed by atoms with van der Waals surface area (Å²) in [6, 6.07) is 6.00. The molecule has 0 spiro atoms. The molecule has 2 aromatic rings. The summed E-state index contributed by atoms with van der Waals surface area (Å²) in [6.45, 7) is 6.66. The van der Waals surface area contributed by atoms with Gasteiger partial charge in [0.2, 0.25) is 0 Å². The Labute approximate surface area is 147 Å². The number of para-hydroxylation sites is 1. The maximum atomic E-state index is 11.9. The fraction of sp³-hybridized carbons (Fsp3) is 0.421. The van der Waals surface area contributed by atoms with Crippen LogP contribution >= 0.6 is 0 Å². The fourth-order valence-electron chi connectivity index (χ4n) is 2.87. The van der Waals surface area contributed by atoms with E-state index in [4.69, 9.17) is 9.47 Å². The number of amides is 1. The third kappa shape index (κ3) is 4.26. The van der Waals surface area contributed by atoms with Crippen LogP contribution < -0.4 is 10.1 Å². The average Bonchev–Trinajstić information content (AvgIpc) is 2.58. The summed E-state index contributed by atoms with van der Waals surface area (Å²) in [4.78, 5) is 20.4. The van der Waals surface area contributed by atoms with Crippen LogP contribution in [0.15, 0.2) is 36.8 Å². The van der Waals surface area contributed by atoms with Gasteiger partial charge in [0, 0.05) is 30.4 Å². The standard InChI is InChI=1S/C19H23N3O3/c1-19(2,3)25-18(23)22-11-13-7-10-24-17-14(13)5-4-6-15(17)16-12-20-8-9-21-16/h4-6,8-9,12-13H,7,10-11H2,1-3H3,(H,22,23)/t13-/m0/s1. The molecular formula is C19H23N3O3. The van der Waals surface area contributed by atoms with E-state index in [0.717, 1.165) is 29.0 Å². The van der Waals surface area contributed by atoms with Crippen LogP contribution in [0.25, 0.3) is 11.3 Å². The second-order valence-electron chi connectivity index (χ2n) is 7.03. The summed E-state index contributed by atoms with van der Waals surface area (Å²) in [5.74, 6) is 0.998. The molecule has 1 aromatic carbocycles. The lowest BCUT2D eigenvalue weighted by Crippen LogP contribution is -2.35. The van der Waals surface area contributed by atoms with Gasteiger partial charge in [0.1, 0.15) is 11.4 Å². The van der Waals surface area contributed by atoms with E-state index in [0.29, 0.717) is 13.2 Å². The van der Waals surface area contributed by atoms with E-state index in [-0.39, 0.29) is 5.92 Å². The zero-order valence-corrected chi connectivity index (χ0v) is 14.8. The first-order valence-electron chi connectivity index (χ1n) is 8.43. The van der Waals surface area contributed by atoms with Crippen molar-refractivity contribution in [3.63, 3.8) is 0 Å². The number of nitrogens with zero attached hydrogens (tertiary/aromatic N) is 2. The van der Waals surface area contributed by atoms with Gasteiger partial charge >= 0.3 is 6.09 Å². The molecule has 0 radical (unpaired) electrons. The Hall–Kier alpha value is -2.63. The van der Waals surface area contributed by atoms with Crippen molar-refractivity contribution < 1.29 is 14.3 Å². The van der Waals surface area contributed by atoms with Crippen LogP contribution in [0.3, 0.4) is 0 Å². The molecule has 0 fully saturated rings. The summed E-state index contributed by atoms with van der Waals surface area (Å²) in [5.41, 5.74) is 2.27. The Balaban J connectivity index is 1.78. The van der Waals surface area contributed by atoms with Crippen molar-refractivity contribution in [2.75, 3.05) is 13.2 Å². The van der Waals surface area contributed by atoms with Crippen molar-refractivity contribution in [1.82, 2.24) is 15.3 Å². The average molecular weight is 341 g/mol. The number of benzene rings is 1. The molecule has 6 heteroatoms. The Morgan fingerprint density at radius 3 is 2.92 bits per heavy atom. The molecule has 0 bridgehead atoms. The smallest absolute Gasteiger partial charge is 0.407 e. The van der Waals surface area contributed by atoms with Crippen LogP contribution in [0.2, 0.25) is 0 Å². The van der Waals surface area contributed by atoms with Crippen molar-refractivity contribution in [3.05, 3.63) is 42.4 Å². The number of nitrogens with one attached hydrogen (secondary N) is 1. The van der Waals surface area contributed by atoms with Crippen molar-refractivity contribution in [2.45, 2.75) is 38.7 Å². The topological polar surface area (TPSA) is 73.3 Å². The first-order chi connectivity index (χ1) is 11.9. The SMILES string of the molecule is CC(C)(C)OC(=O)NC[C@@H]1CCOc2c(-c3cnccn3)cccc21. The number of carbonyl (C=O) groups is 1. The van der Waals surface area contributed by atoms with Crippen LogP contribution in [-0.4, -0.2) is 34.8 Å². The number of hydrogen-bond donors (Lipinski definition) is 1. The number of alkyl carbamates (subject to hydrolysis) is 1. The maximum Gasteiger partial charge on any atom is 0.407 e. The zero-order valence-electron chi connectivity index (χ0n) is 14.8. The zero-order chi connectivity index (χ0) is 17.9. The highest BCUT2D eigenvalue weighted by Crippen LogP contribution is 2.40. The molecule has 1 N–H and O–H groups in total. The minimum Gasteiger partial charge on any atom is -0.493 e. The number of rotatable bonds is 3. The molecule has 1 amide bonds. The van der Waals surface area contributed by atoms with Crippen molar-refractivity contribution in [2.24, 2.45) is 0 Å². The number of ether oxygens (including phenoxy) is 2. The van der Waals surface area contributed by atoms with E-state index in [1.165, 1.54) is 0 Å². The molecule has 1 aliphatic rings.